The first-order chi connectivity index (χ1) is 6.99. The highest BCUT2D eigenvalue weighted by Crippen LogP contribution is 2.09. The van der Waals surface area contributed by atoms with Crippen molar-refractivity contribution < 1.29 is 9.59 Å². The van der Waals surface area contributed by atoms with Gasteiger partial charge in [-0.15, -0.1) is 0 Å². The van der Waals surface area contributed by atoms with Crippen molar-refractivity contribution in [1.82, 2.24) is 10.2 Å². The summed E-state index contributed by atoms with van der Waals surface area (Å²) in [5.41, 5.74) is 5.74. The number of piperidine rings is 1. The van der Waals surface area contributed by atoms with Crippen molar-refractivity contribution in [1.29, 1.82) is 0 Å². The third-order valence-corrected chi connectivity index (χ3v) is 2.32. The van der Waals surface area contributed by atoms with Crippen molar-refractivity contribution in [3.63, 3.8) is 0 Å². The van der Waals surface area contributed by atoms with E-state index in [0.717, 1.165) is 6.42 Å². The van der Waals surface area contributed by atoms with Crippen LogP contribution in [-0.4, -0.2) is 41.9 Å². The molecule has 1 aliphatic rings. The van der Waals surface area contributed by atoms with Gasteiger partial charge in [-0.3, -0.25) is 9.59 Å². The van der Waals surface area contributed by atoms with Gasteiger partial charge in [-0.25, -0.2) is 0 Å². The van der Waals surface area contributed by atoms with Gasteiger partial charge < -0.3 is 16.0 Å². The molecule has 0 spiro atoms. The molecule has 0 radical (unpaired) electrons. The van der Waals surface area contributed by atoms with Crippen LogP contribution >= 0.6 is 0 Å². The van der Waals surface area contributed by atoms with Crippen molar-refractivity contribution >= 4 is 11.8 Å². The maximum atomic E-state index is 11.5. The molecule has 15 heavy (non-hydrogen) atoms. The summed E-state index contributed by atoms with van der Waals surface area (Å²) in [4.78, 5) is 24.4. The summed E-state index contributed by atoms with van der Waals surface area (Å²) in [6.07, 6.45) is 1.18. The highest BCUT2D eigenvalue weighted by Gasteiger charge is 2.24. The molecule has 1 heterocycles. The van der Waals surface area contributed by atoms with E-state index in [0.29, 0.717) is 13.0 Å². The molecule has 1 saturated heterocycles. The van der Waals surface area contributed by atoms with Crippen LogP contribution in [0.1, 0.15) is 26.7 Å². The normalized spacial score (nSPS) is 22.0. The van der Waals surface area contributed by atoms with Crippen molar-refractivity contribution in [2.75, 3.05) is 13.1 Å². The second-order valence-electron chi connectivity index (χ2n) is 4.30. The van der Waals surface area contributed by atoms with Crippen LogP contribution in [0.5, 0.6) is 0 Å². The molecule has 5 heteroatoms. The summed E-state index contributed by atoms with van der Waals surface area (Å²) in [6, 6.07) is 0.112. The predicted molar refractivity (Wildman–Crippen MR) is 57.1 cm³/mol. The zero-order valence-corrected chi connectivity index (χ0v) is 9.32. The summed E-state index contributed by atoms with van der Waals surface area (Å²) in [5, 5.41) is 2.75. The molecule has 1 atom stereocenters. The number of carbonyl (C=O) groups excluding carboxylic acids is 2. The van der Waals surface area contributed by atoms with Gasteiger partial charge in [0.2, 0.25) is 11.8 Å². The highest BCUT2D eigenvalue weighted by molar-refractivity contribution is 5.85. The molecule has 3 N–H and O–H groups in total. The Labute approximate surface area is 90.0 Å². The van der Waals surface area contributed by atoms with E-state index >= 15 is 0 Å². The molecule has 2 amide bonds. The lowest BCUT2D eigenvalue weighted by Crippen LogP contribution is -2.50. The summed E-state index contributed by atoms with van der Waals surface area (Å²) < 4.78 is 0. The number of nitrogens with zero attached hydrogens (tertiary/aromatic N) is 1. The summed E-state index contributed by atoms with van der Waals surface area (Å²) in [6.45, 7) is 4.40. The average Bonchev–Trinajstić information content (AvgIpc) is 2.10. The molecule has 86 valence electrons. The molecule has 1 fully saturated rings. The fourth-order valence-corrected chi connectivity index (χ4v) is 1.64. The molecule has 0 aromatic carbocycles. The summed E-state index contributed by atoms with van der Waals surface area (Å²) >= 11 is 0. The predicted octanol–water partition coefficient (Wildman–Crippen LogP) is -0.539. The Morgan fingerprint density at radius 3 is 2.93 bits per heavy atom. The van der Waals surface area contributed by atoms with Gasteiger partial charge in [0.15, 0.2) is 0 Å². The second-order valence-corrected chi connectivity index (χ2v) is 4.30. The Hall–Kier alpha value is -1.10. The molecular formula is C10H19N3O2. The number of amides is 2. The van der Waals surface area contributed by atoms with Crippen LogP contribution in [0.25, 0.3) is 0 Å². The van der Waals surface area contributed by atoms with Crippen molar-refractivity contribution in [2.45, 2.75) is 38.8 Å². The van der Waals surface area contributed by atoms with Crippen LogP contribution in [0.2, 0.25) is 0 Å². The molecule has 1 rings (SSSR count). The summed E-state index contributed by atoms with van der Waals surface area (Å²) in [7, 11) is 0. The van der Waals surface area contributed by atoms with Gasteiger partial charge in [-0.2, -0.15) is 0 Å². The smallest absolute Gasteiger partial charge is 0.239 e. The first-order valence-electron chi connectivity index (χ1n) is 5.31. The first-order valence-corrected chi connectivity index (χ1v) is 5.31. The fourth-order valence-electron chi connectivity index (χ4n) is 1.64. The Bertz CT molecular complexity index is 253. The lowest BCUT2D eigenvalue weighted by molar-refractivity contribution is -0.138. The third-order valence-electron chi connectivity index (χ3n) is 2.32. The molecule has 0 aromatic heterocycles. The molecule has 1 aliphatic heterocycles. The minimum atomic E-state index is -0.118. The van der Waals surface area contributed by atoms with E-state index in [9.17, 15) is 9.59 Å². The number of carbonyl (C=O) groups is 2. The standard InChI is InChI=1S/C10H19N3O2/c1-7(2)12-9(14)6-13-5-8(11)3-4-10(13)15/h7-8H,3-6,11H2,1-2H3,(H,12,14)/t8-/m1/s1. The Morgan fingerprint density at radius 2 is 2.33 bits per heavy atom. The number of rotatable bonds is 3. The van der Waals surface area contributed by atoms with Gasteiger partial charge in [0.25, 0.3) is 0 Å². The van der Waals surface area contributed by atoms with E-state index in [1.807, 2.05) is 13.8 Å². The van der Waals surface area contributed by atoms with Crippen LogP contribution in [0.3, 0.4) is 0 Å². The zero-order chi connectivity index (χ0) is 11.4. The van der Waals surface area contributed by atoms with E-state index in [2.05, 4.69) is 5.32 Å². The molecule has 0 bridgehead atoms. The Kier molecular flexibility index (Phi) is 4.08. The molecular weight excluding hydrogens is 194 g/mol. The number of nitrogens with two attached hydrogens (primary N) is 1. The average molecular weight is 213 g/mol. The lowest BCUT2D eigenvalue weighted by atomic mass is 10.1. The summed E-state index contributed by atoms with van der Waals surface area (Å²) in [5.74, 6) is -0.0944. The highest BCUT2D eigenvalue weighted by atomic mass is 16.2. The van der Waals surface area contributed by atoms with E-state index < -0.39 is 0 Å². The van der Waals surface area contributed by atoms with Gasteiger partial charge in [-0.1, -0.05) is 0 Å². The number of nitrogens with one attached hydrogen (secondary N) is 1. The third kappa shape index (κ3) is 3.87. The van der Waals surface area contributed by atoms with Crippen LogP contribution in [0, 0.1) is 0 Å². The van der Waals surface area contributed by atoms with Gasteiger partial charge in [0.1, 0.15) is 0 Å². The minimum Gasteiger partial charge on any atom is -0.352 e. The maximum absolute atomic E-state index is 11.5. The monoisotopic (exact) mass is 213 g/mol. The van der Waals surface area contributed by atoms with Crippen LogP contribution < -0.4 is 11.1 Å². The van der Waals surface area contributed by atoms with Crippen molar-refractivity contribution in [3.8, 4) is 0 Å². The zero-order valence-electron chi connectivity index (χ0n) is 9.32. The first kappa shape index (κ1) is 12.0. The number of hydrogen-bond donors (Lipinski definition) is 2. The fraction of sp³-hybridized carbons (Fsp3) is 0.800. The van der Waals surface area contributed by atoms with Crippen LogP contribution in [0.15, 0.2) is 0 Å². The SMILES string of the molecule is CC(C)NC(=O)CN1C[C@H](N)CCC1=O. The quantitative estimate of drug-likeness (QED) is 0.661. The van der Waals surface area contributed by atoms with Crippen molar-refractivity contribution in [3.05, 3.63) is 0 Å². The maximum Gasteiger partial charge on any atom is 0.239 e. The molecule has 0 unspecified atom stereocenters. The van der Waals surface area contributed by atoms with E-state index in [1.165, 1.54) is 4.90 Å². The topological polar surface area (TPSA) is 75.4 Å². The van der Waals surface area contributed by atoms with E-state index in [-0.39, 0.29) is 30.4 Å². The largest absolute Gasteiger partial charge is 0.352 e. The van der Waals surface area contributed by atoms with Gasteiger partial charge >= 0.3 is 0 Å². The molecule has 0 aromatic rings. The Balaban J connectivity index is 2.42. The lowest BCUT2D eigenvalue weighted by Gasteiger charge is -2.30. The second kappa shape index (κ2) is 5.11. The van der Waals surface area contributed by atoms with E-state index in [4.69, 9.17) is 5.73 Å². The molecule has 0 saturated carbocycles. The molecule has 0 aliphatic carbocycles. The number of likely N-dealkylation sites (tertiary alicyclic amines) is 1. The van der Waals surface area contributed by atoms with Gasteiger partial charge in [0, 0.05) is 25.0 Å². The molecule has 5 nitrogen and oxygen atoms in total. The van der Waals surface area contributed by atoms with Crippen molar-refractivity contribution in [2.24, 2.45) is 5.73 Å². The number of hydrogen-bond acceptors (Lipinski definition) is 3. The van der Waals surface area contributed by atoms with Crippen LogP contribution in [-0.2, 0) is 9.59 Å². The van der Waals surface area contributed by atoms with Crippen LogP contribution in [0.4, 0.5) is 0 Å². The minimum absolute atomic E-state index is 0.00884. The van der Waals surface area contributed by atoms with Gasteiger partial charge in [0.05, 0.1) is 6.54 Å². The van der Waals surface area contributed by atoms with Gasteiger partial charge in [-0.05, 0) is 20.3 Å². The van der Waals surface area contributed by atoms with E-state index in [1.54, 1.807) is 0 Å². The Morgan fingerprint density at radius 1 is 1.67 bits per heavy atom.